The van der Waals surface area contributed by atoms with E-state index in [1.54, 1.807) is 6.92 Å². The molecule has 1 atom stereocenters. The first-order valence-electron chi connectivity index (χ1n) is 5.62. The molecule has 0 aromatic heterocycles. The third-order valence-corrected chi connectivity index (χ3v) is 2.56. The monoisotopic (exact) mass is 256 g/mol. The molecule has 0 fully saturated rings. The van der Waals surface area contributed by atoms with Gasteiger partial charge in [-0.2, -0.15) is 0 Å². The number of aryl methyl sites for hydroxylation is 1. The number of nitrogens with two attached hydrogens (primary N) is 1. The molecule has 0 radical (unpaired) electrons. The lowest BCUT2D eigenvalue weighted by Gasteiger charge is -2.22. The molecule has 1 unspecified atom stereocenters. The van der Waals surface area contributed by atoms with Crippen molar-refractivity contribution in [3.63, 3.8) is 0 Å². The van der Waals surface area contributed by atoms with Gasteiger partial charge in [0.2, 0.25) is 5.91 Å². The zero-order valence-electron chi connectivity index (χ0n) is 10.6. The Bertz CT molecular complexity index is 377. The number of halogens is 1. The van der Waals surface area contributed by atoms with Gasteiger partial charge in [0.1, 0.15) is 0 Å². The lowest BCUT2D eigenvalue weighted by Crippen LogP contribution is -2.48. The van der Waals surface area contributed by atoms with Gasteiger partial charge in [0.05, 0.1) is 5.54 Å². The molecule has 0 bridgehead atoms. The molecule has 0 aliphatic heterocycles. The molecule has 0 saturated heterocycles. The zero-order chi connectivity index (χ0) is 12.2. The number of anilines is 1. The van der Waals surface area contributed by atoms with Crippen molar-refractivity contribution in [2.24, 2.45) is 5.73 Å². The number of amides is 1. The van der Waals surface area contributed by atoms with E-state index in [1.807, 2.05) is 38.1 Å². The fraction of sp³-hybridized carbons (Fsp3) is 0.462. The molecule has 4 heteroatoms. The molecule has 0 spiro atoms. The van der Waals surface area contributed by atoms with Crippen LogP contribution >= 0.6 is 12.4 Å². The van der Waals surface area contributed by atoms with Crippen LogP contribution in [0.4, 0.5) is 5.69 Å². The summed E-state index contributed by atoms with van der Waals surface area (Å²) in [5, 5.41) is 2.84. The molecule has 1 amide bonds. The maximum absolute atomic E-state index is 11.9. The second-order valence-electron chi connectivity index (χ2n) is 4.49. The van der Waals surface area contributed by atoms with Gasteiger partial charge in [-0.05, 0) is 38.0 Å². The summed E-state index contributed by atoms with van der Waals surface area (Å²) in [7, 11) is 0. The Morgan fingerprint density at radius 2 is 2.12 bits per heavy atom. The maximum Gasteiger partial charge on any atom is 0.244 e. The van der Waals surface area contributed by atoms with Crippen LogP contribution in [0.5, 0.6) is 0 Å². The van der Waals surface area contributed by atoms with E-state index in [9.17, 15) is 4.79 Å². The number of rotatable bonds is 4. The van der Waals surface area contributed by atoms with Crippen molar-refractivity contribution in [1.82, 2.24) is 0 Å². The fourth-order valence-corrected chi connectivity index (χ4v) is 1.63. The molecule has 3 nitrogen and oxygen atoms in total. The number of nitrogens with one attached hydrogen (secondary N) is 1. The molecule has 1 aromatic carbocycles. The predicted molar refractivity (Wildman–Crippen MR) is 74.6 cm³/mol. The molecule has 0 saturated carbocycles. The highest BCUT2D eigenvalue weighted by atomic mass is 35.5. The minimum Gasteiger partial charge on any atom is -0.324 e. The largest absolute Gasteiger partial charge is 0.324 e. The van der Waals surface area contributed by atoms with Gasteiger partial charge in [-0.15, -0.1) is 12.4 Å². The number of benzene rings is 1. The van der Waals surface area contributed by atoms with Crippen LogP contribution in [0.2, 0.25) is 0 Å². The summed E-state index contributed by atoms with van der Waals surface area (Å²) in [6.07, 6.45) is 1.58. The average Bonchev–Trinajstić information content (AvgIpc) is 2.17. The van der Waals surface area contributed by atoms with E-state index >= 15 is 0 Å². The highest BCUT2D eigenvalue weighted by molar-refractivity contribution is 5.97. The molecule has 1 aromatic rings. The van der Waals surface area contributed by atoms with E-state index in [0.717, 1.165) is 17.7 Å². The number of hydrogen-bond donors (Lipinski definition) is 2. The van der Waals surface area contributed by atoms with Crippen LogP contribution in [0.15, 0.2) is 24.3 Å². The van der Waals surface area contributed by atoms with Gasteiger partial charge in [-0.25, -0.2) is 0 Å². The van der Waals surface area contributed by atoms with Crippen molar-refractivity contribution < 1.29 is 4.79 Å². The lowest BCUT2D eigenvalue weighted by molar-refractivity contribution is -0.120. The minimum atomic E-state index is -0.793. The van der Waals surface area contributed by atoms with E-state index in [0.29, 0.717) is 6.42 Å². The molecule has 1 rings (SSSR count). The van der Waals surface area contributed by atoms with Crippen molar-refractivity contribution in [2.75, 3.05) is 5.32 Å². The Hall–Kier alpha value is -1.06. The number of hydrogen-bond acceptors (Lipinski definition) is 2. The van der Waals surface area contributed by atoms with Crippen LogP contribution in [-0.2, 0) is 4.79 Å². The molecule has 0 heterocycles. The summed E-state index contributed by atoms with van der Waals surface area (Å²) in [4.78, 5) is 11.9. The van der Waals surface area contributed by atoms with Crippen LogP contribution in [0, 0.1) is 6.92 Å². The first-order chi connectivity index (χ1) is 7.45. The summed E-state index contributed by atoms with van der Waals surface area (Å²) in [5.74, 6) is -0.125. The van der Waals surface area contributed by atoms with Crippen LogP contribution in [-0.4, -0.2) is 11.4 Å². The Balaban J connectivity index is 0.00000256. The van der Waals surface area contributed by atoms with Gasteiger partial charge in [0.25, 0.3) is 0 Å². The van der Waals surface area contributed by atoms with Gasteiger partial charge in [0, 0.05) is 5.69 Å². The van der Waals surface area contributed by atoms with Gasteiger partial charge in [0.15, 0.2) is 0 Å². The topological polar surface area (TPSA) is 55.1 Å². The van der Waals surface area contributed by atoms with Crippen molar-refractivity contribution in [2.45, 2.75) is 39.2 Å². The summed E-state index contributed by atoms with van der Waals surface area (Å²) in [5.41, 5.74) is 7.07. The SMILES string of the molecule is CCCC(C)(N)C(=O)Nc1cccc(C)c1.Cl. The van der Waals surface area contributed by atoms with Gasteiger partial charge in [-0.3, -0.25) is 4.79 Å². The second-order valence-corrected chi connectivity index (χ2v) is 4.49. The van der Waals surface area contributed by atoms with Crippen molar-refractivity contribution in [3.8, 4) is 0 Å². The van der Waals surface area contributed by atoms with E-state index < -0.39 is 5.54 Å². The van der Waals surface area contributed by atoms with Crippen LogP contribution in [0.25, 0.3) is 0 Å². The Kier molecular flexibility index (Phi) is 6.21. The first-order valence-corrected chi connectivity index (χ1v) is 5.62. The lowest BCUT2D eigenvalue weighted by atomic mass is 9.96. The standard InChI is InChI=1S/C13H20N2O.ClH/c1-4-8-13(3,14)12(16)15-11-7-5-6-10(2)9-11;/h5-7,9H,4,8,14H2,1-3H3,(H,15,16);1H. The molecule has 0 aliphatic carbocycles. The number of carbonyl (C=O) groups excluding carboxylic acids is 1. The summed E-state index contributed by atoms with van der Waals surface area (Å²) in [6.45, 7) is 5.77. The smallest absolute Gasteiger partial charge is 0.244 e. The van der Waals surface area contributed by atoms with Crippen LogP contribution in [0.3, 0.4) is 0 Å². The Morgan fingerprint density at radius 3 is 2.65 bits per heavy atom. The Labute approximate surface area is 109 Å². The molecule has 3 N–H and O–H groups in total. The highest BCUT2D eigenvalue weighted by Crippen LogP contribution is 2.14. The van der Waals surface area contributed by atoms with Gasteiger partial charge in [-0.1, -0.05) is 25.5 Å². The highest BCUT2D eigenvalue weighted by Gasteiger charge is 2.26. The third-order valence-electron chi connectivity index (χ3n) is 2.56. The minimum absolute atomic E-state index is 0. The molecular formula is C13H21ClN2O. The first kappa shape index (κ1) is 15.9. The zero-order valence-corrected chi connectivity index (χ0v) is 11.4. The average molecular weight is 257 g/mol. The van der Waals surface area contributed by atoms with Gasteiger partial charge < -0.3 is 11.1 Å². The van der Waals surface area contributed by atoms with Crippen molar-refractivity contribution in [1.29, 1.82) is 0 Å². The van der Waals surface area contributed by atoms with Crippen LogP contribution in [0.1, 0.15) is 32.3 Å². The number of carbonyl (C=O) groups is 1. The Morgan fingerprint density at radius 1 is 1.47 bits per heavy atom. The van der Waals surface area contributed by atoms with E-state index in [4.69, 9.17) is 5.73 Å². The van der Waals surface area contributed by atoms with E-state index in [2.05, 4.69) is 5.32 Å². The van der Waals surface area contributed by atoms with E-state index in [1.165, 1.54) is 0 Å². The quantitative estimate of drug-likeness (QED) is 0.870. The summed E-state index contributed by atoms with van der Waals surface area (Å²) in [6, 6.07) is 7.70. The molecule has 0 aliphatic rings. The summed E-state index contributed by atoms with van der Waals surface area (Å²) < 4.78 is 0. The van der Waals surface area contributed by atoms with E-state index in [-0.39, 0.29) is 18.3 Å². The molecule has 17 heavy (non-hydrogen) atoms. The fourth-order valence-electron chi connectivity index (χ4n) is 1.63. The third kappa shape index (κ3) is 4.75. The van der Waals surface area contributed by atoms with Gasteiger partial charge >= 0.3 is 0 Å². The predicted octanol–water partition coefficient (Wildman–Crippen LogP) is 2.87. The molecule has 96 valence electrons. The second kappa shape index (κ2) is 6.62. The van der Waals surface area contributed by atoms with Crippen molar-refractivity contribution in [3.05, 3.63) is 29.8 Å². The molecular weight excluding hydrogens is 236 g/mol. The normalized spacial score (nSPS) is 13.4. The van der Waals surface area contributed by atoms with Crippen molar-refractivity contribution >= 4 is 24.0 Å². The summed E-state index contributed by atoms with van der Waals surface area (Å²) >= 11 is 0. The maximum atomic E-state index is 11.9. The van der Waals surface area contributed by atoms with Crippen LogP contribution < -0.4 is 11.1 Å².